The van der Waals surface area contributed by atoms with Gasteiger partial charge in [0.2, 0.25) is 10.0 Å². The number of hydrogen-bond acceptors (Lipinski definition) is 6. The number of halogens is 1. The lowest BCUT2D eigenvalue weighted by Gasteiger charge is -2.13. The Morgan fingerprint density at radius 2 is 1.76 bits per heavy atom. The maximum atomic E-state index is 12.4. The minimum Gasteiger partial charge on any atom is -0.497 e. The molecule has 0 radical (unpaired) electrons. The van der Waals surface area contributed by atoms with Crippen LogP contribution in [0.3, 0.4) is 0 Å². The van der Waals surface area contributed by atoms with Gasteiger partial charge in [-0.25, -0.2) is 13.1 Å². The Kier molecular flexibility index (Phi) is 8.30. The summed E-state index contributed by atoms with van der Waals surface area (Å²) in [4.78, 5) is 12.5. The zero-order valence-corrected chi connectivity index (χ0v) is 18.7. The van der Waals surface area contributed by atoms with Gasteiger partial charge in [0.15, 0.2) is 11.5 Å². The van der Waals surface area contributed by atoms with Gasteiger partial charge >= 0.3 is 0 Å². The van der Waals surface area contributed by atoms with E-state index < -0.39 is 10.0 Å². The van der Waals surface area contributed by atoms with Gasteiger partial charge in [-0.3, -0.25) is 4.79 Å². The molecule has 29 heavy (non-hydrogen) atoms. The highest BCUT2D eigenvalue weighted by Crippen LogP contribution is 2.36. The van der Waals surface area contributed by atoms with E-state index in [1.165, 1.54) is 26.4 Å². The van der Waals surface area contributed by atoms with Crippen LogP contribution in [0.5, 0.6) is 17.2 Å². The van der Waals surface area contributed by atoms with Crippen molar-refractivity contribution < 1.29 is 27.4 Å². The molecule has 0 aliphatic heterocycles. The molecule has 0 atom stereocenters. The molecule has 2 aromatic carbocycles. The average molecular weight is 487 g/mol. The Balaban J connectivity index is 1.94. The Morgan fingerprint density at radius 1 is 1.07 bits per heavy atom. The van der Waals surface area contributed by atoms with Gasteiger partial charge in [0.25, 0.3) is 5.91 Å². The number of sulfonamides is 1. The first kappa shape index (κ1) is 23.0. The quantitative estimate of drug-likeness (QED) is 0.500. The van der Waals surface area contributed by atoms with Crippen LogP contribution in [0.2, 0.25) is 0 Å². The molecule has 0 spiro atoms. The first-order valence-corrected chi connectivity index (χ1v) is 11.0. The third-order valence-corrected chi connectivity index (χ3v) is 5.92. The van der Waals surface area contributed by atoms with Crippen LogP contribution in [0, 0.1) is 0 Å². The van der Waals surface area contributed by atoms with Crippen LogP contribution in [0.4, 0.5) is 0 Å². The van der Waals surface area contributed by atoms with Crippen LogP contribution in [-0.4, -0.2) is 48.2 Å². The normalized spacial score (nSPS) is 11.0. The minimum atomic E-state index is -3.68. The topological polar surface area (TPSA) is 103 Å². The van der Waals surface area contributed by atoms with Gasteiger partial charge in [0.1, 0.15) is 5.75 Å². The summed E-state index contributed by atoms with van der Waals surface area (Å²) in [6.07, 6.45) is 0. The smallest absolute Gasteiger partial charge is 0.251 e. The predicted molar refractivity (Wildman–Crippen MR) is 112 cm³/mol. The van der Waals surface area contributed by atoms with E-state index in [1.807, 2.05) is 6.92 Å². The fourth-order valence-electron chi connectivity index (χ4n) is 2.44. The minimum absolute atomic E-state index is 0.0371. The van der Waals surface area contributed by atoms with Crippen molar-refractivity contribution in [2.24, 2.45) is 0 Å². The highest BCUT2D eigenvalue weighted by Gasteiger charge is 2.16. The molecule has 0 aliphatic rings. The number of methoxy groups -OCH3 is 2. The van der Waals surface area contributed by atoms with Gasteiger partial charge in [0.05, 0.1) is 30.2 Å². The van der Waals surface area contributed by atoms with E-state index in [2.05, 4.69) is 26.0 Å². The van der Waals surface area contributed by atoms with Crippen LogP contribution < -0.4 is 24.2 Å². The lowest BCUT2D eigenvalue weighted by molar-refractivity contribution is 0.0954. The van der Waals surface area contributed by atoms with E-state index in [4.69, 9.17) is 14.2 Å². The van der Waals surface area contributed by atoms with Crippen molar-refractivity contribution in [1.82, 2.24) is 10.0 Å². The third kappa shape index (κ3) is 6.09. The lowest BCUT2D eigenvalue weighted by Crippen LogP contribution is -2.34. The van der Waals surface area contributed by atoms with Crippen LogP contribution in [0.25, 0.3) is 0 Å². The molecular formula is C19H23BrN2O6S. The molecule has 1 amide bonds. The number of carbonyl (C=O) groups is 1. The summed E-state index contributed by atoms with van der Waals surface area (Å²) in [6, 6.07) is 9.20. The van der Waals surface area contributed by atoms with Crippen LogP contribution in [0.15, 0.2) is 45.8 Å². The number of hydrogen-bond donors (Lipinski definition) is 2. The molecule has 0 saturated carbocycles. The molecule has 2 aromatic rings. The van der Waals surface area contributed by atoms with Gasteiger partial charge in [-0.05, 0) is 59.3 Å². The molecule has 0 bridgehead atoms. The van der Waals surface area contributed by atoms with Crippen molar-refractivity contribution in [3.8, 4) is 17.2 Å². The van der Waals surface area contributed by atoms with E-state index in [9.17, 15) is 13.2 Å². The Morgan fingerprint density at radius 3 is 2.34 bits per heavy atom. The third-order valence-electron chi connectivity index (χ3n) is 3.85. The molecule has 0 heterocycles. The zero-order chi connectivity index (χ0) is 21.4. The average Bonchev–Trinajstić information content (AvgIpc) is 2.72. The molecule has 2 N–H and O–H groups in total. The van der Waals surface area contributed by atoms with Gasteiger partial charge in [-0.2, -0.15) is 0 Å². The van der Waals surface area contributed by atoms with Crippen molar-refractivity contribution >= 4 is 31.9 Å². The van der Waals surface area contributed by atoms with Gasteiger partial charge < -0.3 is 19.5 Å². The molecule has 0 saturated heterocycles. The molecule has 8 nitrogen and oxygen atoms in total. The standard InChI is InChI=1S/C19H23BrN2O6S/c1-4-28-18-16(20)11-13(12-17(18)27-3)19(23)21-9-10-22-29(24,25)15-7-5-14(26-2)6-8-15/h5-8,11-12,22H,4,9-10H2,1-3H3,(H,21,23). The summed E-state index contributed by atoms with van der Waals surface area (Å²) in [5, 5.41) is 2.67. The van der Waals surface area contributed by atoms with Crippen molar-refractivity contribution in [2.75, 3.05) is 33.9 Å². The van der Waals surface area contributed by atoms with Gasteiger partial charge in [-0.1, -0.05) is 0 Å². The second-order valence-corrected chi connectivity index (χ2v) is 8.37. The molecule has 0 unspecified atom stereocenters. The Hall–Kier alpha value is -2.30. The lowest BCUT2D eigenvalue weighted by atomic mass is 10.2. The molecule has 0 aliphatic carbocycles. The SMILES string of the molecule is CCOc1c(Br)cc(C(=O)NCCNS(=O)(=O)c2ccc(OC)cc2)cc1OC. The summed E-state index contributed by atoms with van der Waals surface area (Å²) >= 11 is 3.37. The predicted octanol–water partition coefficient (Wildman–Crippen LogP) is 2.57. The van der Waals surface area contributed by atoms with E-state index in [-0.39, 0.29) is 23.9 Å². The summed E-state index contributed by atoms with van der Waals surface area (Å²) in [7, 11) is -0.689. The highest BCUT2D eigenvalue weighted by molar-refractivity contribution is 9.10. The first-order chi connectivity index (χ1) is 13.8. The van der Waals surface area contributed by atoms with E-state index in [0.29, 0.717) is 33.9 Å². The van der Waals surface area contributed by atoms with Gasteiger partial charge in [-0.15, -0.1) is 0 Å². The largest absolute Gasteiger partial charge is 0.497 e. The maximum absolute atomic E-state index is 12.4. The van der Waals surface area contributed by atoms with Crippen molar-refractivity contribution in [3.05, 3.63) is 46.4 Å². The molecule has 158 valence electrons. The second-order valence-electron chi connectivity index (χ2n) is 5.75. The fourth-order valence-corrected chi connectivity index (χ4v) is 4.03. The number of nitrogens with one attached hydrogen (secondary N) is 2. The zero-order valence-electron chi connectivity index (χ0n) is 16.3. The van der Waals surface area contributed by atoms with Crippen LogP contribution >= 0.6 is 15.9 Å². The summed E-state index contributed by atoms with van der Waals surface area (Å²) in [5.41, 5.74) is 0.357. The molecule has 0 aromatic heterocycles. The molecule has 0 fully saturated rings. The second kappa shape index (κ2) is 10.5. The summed E-state index contributed by atoms with van der Waals surface area (Å²) in [5.74, 6) is 1.13. The highest BCUT2D eigenvalue weighted by atomic mass is 79.9. The molecule has 2 rings (SSSR count). The number of ether oxygens (including phenoxy) is 3. The van der Waals surface area contributed by atoms with E-state index in [0.717, 1.165) is 0 Å². The fraction of sp³-hybridized carbons (Fsp3) is 0.316. The number of amides is 1. The monoisotopic (exact) mass is 486 g/mol. The maximum Gasteiger partial charge on any atom is 0.251 e. The molecule has 10 heteroatoms. The van der Waals surface area contributed by atoms with E-state index >= 15 is 0 Å². The number of benzene rings is 2. The van der Waals surface area contributed by atoms with Crippen LogP contribution in [0.1, 0.15) is 17.3 Å². The van der Waals surface area contributed by atoms with Gasteiger partial charge in [0, 0.05) is 18.7 Å². The van der Waals surface area contributed by atoms with Crippen molar-refractivity contribution in [2.45, 2.75) is 11.8 Å². The Bertz CT molecular complexity index is 948. The molecular weight excluding hydrogens is 464 g/mol. The Labute approximate surface area is 178 Å². The summed E-state index contributed by atoms with van der Waals surface area (Å²) < 4.78 is 43.4. The number of rotatable bonds is 10. The van der Waals surface area contributed by atoms with Crippen molar-refractivity contribution in [1.29, 1.82) is 0 Å². The first-order valence-electron chi connectivity index (χ1n) is 8.74. The summed E-state index contributed by atoms with van der Waals surface area (Å²) in [6.45, 7) is 2.45. The number of carbonyl (C=O) groups excluding carboxylic acids is 1. The van der Waals surface area contributed by atoms with Crippen LogP contribution in [-0.2, 0) is 10.0 Å². The van der Waals surface area contributed by atoms with Crippen molar-refractivity contribution in [3.63, 3.8) is 0 Å². The van der Waals surface area contributed by atoms with E-state index in [1.54, 1.807) is 24.3 Å².